The van der Waals surface area contributed by atoms with Crippen LogP contribution in [-0.2, 0) is 0 Å². The van der Waals surface area contributed by atoms with Gasteiger partial charge in [0.2, 0.25) is 0 Å². The SMILES string of the molecule is O=C(NN=Cc1cc(Cl)cc(Br)c1O)c1ccccc1Cl. The molecule has 0 bridgehead atoms. The second kappa shape index (κ2) is 6.93. The number of nitrogens with one attached hydrogen (secondary N) is 1. The number of hydrogen-bond donors (Lipinski definition) is 2. The Hall–Kier alpha value is -1.56. The molecule has 0 aromatic heterocycles. The summed E-state index contributed by atoms with van der Waals surface area (Å²) in [6, 6.07) is 9.69. The van der Waals surface area contributed by atoms with E-state index < -0.39 is 5.91 Å². The molecule has 1 amide bonds. The Bertz CT molecular complexity index is 720. The number of carbonyl (C=O) groups excluding carboxylic acids is 1. The summed E-state index contributed by atoms with van der Waals surface area (Å²) in [6.07, 6.45) is 1.29. The summed E-state index contributed by atoms with van der Waals surface area (Å²) in [4.78, 5) is 11.9. The number of carbonyl (C=O) groups is 1. The number of nitrogens with zero attached hydrogens (tertiary/aromatic N) is 1. The summed E-state index contributed by atoms with van der Waals surface area (Å²) in [5.41, 5.74) is 3.01. The van der Waals surface area contributed by atoms with E-state index >= 15 is 0 Å². The standard InChI is InChI=1S/C14H9BrCl2N2O2/c15-11-6-9(16)5-8(13(11)20)7-18-19-14(21)10-3-1-2-4-12(10)17/h1-7,20H,(H,19,21). The number of aromatic hydroxyl groups is 1. The Kier molecular flexibility index (Phi) is 5.22. The van der Waals surface area contributed by atoms with Gasteiger partial charge in [-0.2, -0.15) is 5.10 Å². The van der Waals surface area contributed by atoms with Crippen molar-refractivity contribution in [2.24, 2.45) is 5.10 Å². The molecule has 0 aliphatic rings. The van der Waals surface area contributed by atoms with Gasteiger partial charge in [0.05, 0.1) is 21.3 Å². The number of rotatable bonds is 3. The predicted molar refractivity (Wildman–Crippen MR) is 87.3 cm³/mol. The van der Waals surface area contributed by atoms with Crippen molar-refractivity contribution in [1.82, 2.24) is 5.43 Å². The van der Waals surface area contributed by atoms with Crippen molar-refractivity contribution in [1.29, 1.82) is 0 Å². The van der Waals surface area contributed by atoms with Gasteiger partial charge in [0.15, 0.2) is 0 Å². The van der Waals surface area contributed by atoms with E-state index in [4.69, 9.17) is 23.2 Å². The molecule has 0 radical (unpaired) electrons. The lowest BCUT2D eigenvalue weighted by molar-refractivity contribution is 0.0955. The lowest BCUT2D eigenvalue weighted by Gasteiger charge is -2.04. The van der Waals surface area contributed by atoms with E-state index in [1.807, 2.05) is 0 Å². The third-order valence-electron chi connectivity index (χ3n) is 2.55. The van der Waals surface area contributed by atoms with E-state index in [1.165, 1.54) is 12.3 Å². The number of phenols is 1. The van der Waals surface area contributed by atoms with Gasteiger partial charge in [-0.05, 0) is 40.2 Å². The van der Waals surface area contributed by atoms with Crippen molar-refractivity contribution in [3.8, 4) is 5.75 Å². The molecule has 0 heterocycles. The summed E-state index contributed by atoms with van der Waals surface area (Å²) in [6.45, 7) is 0. The van der Waals surface area contributed by atoms with Crippen LogP contribution in [0.4, 0.5) is 0 Å². The summed E-state index contributed by atoms with van der Waals surface area (Å²) < 4.78 is 0.439. The van der Waals surface area contributed by atoms with Crippen LogP contribution in [0.1, 0.15) is 15.9 Å². The van der Waals surface area contributed by atoms with Gasteiger partial charge in [0.1, 0.15) is 5.75 Å². The Morgan fingerprint density at radius 3 is 2.71 bits per heavy atom. The highest BCUT2D eigenvalue weighted by Gasteiger charge is 2.09. The van der Waals surface area contributed by atoms with Gasteiger partial charge < -0.3 is 5.11 Å². The van der Waals surface area contributed by atoms with Crippen molar-refractivity contribution in [3.05, 3.63) is 62.0 Å². The van der Waals surface area contributed by atoms with Crippen LogP contribution in [0.5, 0.6) is 5.75 Å². The summed E-state index contributed by atoms with van der Waals surface area (Å²) >= 11 is 14.9. The molecular formula is C14H9BrCl2N2O2. The quantitative estimate of drug-likeness (QED) is 0.611. The Morgan fingerprint density at radius 2 is 2.00 bits per heavy atom. The minimum absolute atomic E-state index is 0.0184. The first kappa shape index (κ1) is 15.8. The third kappa shape index (κ3) is 3.97. The largest absolute Gasteiger partial charge is 0.506 e. The minimum atomic E-state index is -0.447. The van der Waals surface area contributed by atoms with Gasteiger partial charge >= 0.3 is 0 Å². The Balaban J connectivity index is 2.13. The molecule has 4 nitrogen and oxygen atoms in total. The molecule has 0 aliphatic carbocycles. The van der Waals surface area contributed by atoms with Crippen LogP contribution >= 0.6 is 39.1 Å². The van der Waals surface area contributed by atoms with Crippen LogP contribution in [0.15, 0.2) is 46.0 Å². The summed E-state index contributed by atoms with van der Waals surface area (Å²) in [5, 5.41) is 14.4. The number of halogens is 3. The van der Waals surface area contributed by atoms with Gasteiger partial charge in [-0.3, -0.25) is 4.79 Å². The Labute approximate surface area is 139 Å². The zero-order chi connectivity index (χ0) is 15.4. The fraction of sp³-hybridized carbons (Fsp3) is 0. The van der Waals surface area contributed by atoms with Gasteiger partial charge in [-0.15, -0.1) is 0 Å². The Morgan fingerprint density at radius 1 is 1.29 bits per heavy atom. The zero-order valence-electron chi connectivity index (χ0n) is 10.5. The molecule has 0 atom stereocenters. The van der Waals surface area contributed by atoms with Crippen LogP contribution in [0.3, 0.4) is 0 Å². The maximum absolute atomic E-state index is 11.9. The molecule has 0 fully saturated rings. The van der Waals surface area contributed by atoms with Gasteiger partial charge in [0, 0.05) is 10.6 Å². The lowest BCUT2D eigenvalue weighted by atomic mass is 10.2. The normalized spacial score (nSPS) is 10.8. The zero-order valence-corrected chi connectivity index (χ0v) is 13.6. The first-order chi connectivity index (χ1) is 9.99. The number of benzene rings is 2. The van der Waals surface area contributed by atoms with Crippen LogP contribution in [0.2, 0.25) is 10.0 Å². The van der Waals surface area contributed by atoms with E-state index in [0.29, 0.717) is 25.6 Å². The number of phenolic OH excluding ortho intramolecular Hbond substituents is 1. The van der Waals surface area contributed by atoms with Gasteiger partial charge in [-0.1, -0.05) is 35.3 Å². The molecule has 0 aliphatic heterocycles. The van der Waals surface area contributed by atoms with Crippen molar-refractivity contribution in [2.45, 2.75) is 0 Å². The van der Waals surface area contributed by atoms with Crippen LogP contribution in [0, 0.1) is 0 Å². The first-order valence-electron chi connectivity index (χ1n) is 5.75. The number of amides is 1. The summed E-state index contributed by atoms with van der Waals surface area (Å²) in [7, 11) is 0. The smallest absolute Gasteiger partial charge is 0.272 e. The number of hydrogen-bond acceptors (Lipinski definition) is 3. The molecule has 108 valence electrons. The molecule has 0 saturated heterocycles. The molecule has 0 unspecified atom stereocenters. The van der Waals surface area contributed by atoms with Crippen LogP contribution in [-0.4, -0.2) is 17.2 Å². The van der Waals surface area contributed by atoms with Crippen molar-refractivity contribution in [3.63, 3.8) is 0 Å². The highest BCUT2D eigenvalue weighted by atomic mass is 79.9. The second-order valence-electron chi connectivity index (χ2n) is 4.00. The molecule has 2 rings (SSSR count). The van der Waals surface area contributed by atoms with Crippen molar-refractivity contribution in [2.75, 3.05) is 0 Å². The molecule has 7 heteroatoms. The predicted octanol–water partition coefficient (Wildman–Crippen LogP) is 4.23. The van der Waals surface area contributed by atoms with E-state index in [1.54, 1.807) is 30.3 Å². The fourth-order valence-corrected chi connectivity index (χ4v) is 2.61. The fourth-order valence-electron chi connectivity index (χ4n) is 1.55. The maximum atomic E-state index is 11.9. The van der Waals surface area contributed by atoms with E-state index in [2.05, 4.69) is 26.5 Å². The maximum Gasteiger partial charge on any atom is 0.272 e. The van der Waals surface area contributed by atoms with E-state index in [-0.39, 0.29) is 5.75 Å². The molecule has 21 heavy (non-hydrogen) atoms. The molecule has 0 saturated carbocycles. The summed E-state index contributed by atoms with van der Waals surface area (Å²) in [5.74, 6) is -0.465. The van der Waals surface area contributed by atoms with E-state index in [0.717, 1.165) is 0 Å². The topological polar surface area (TPSA) is 61.7 Å². The molecule has 0 spiro atoms. The average molecular weight is 388 g/mol. The van der Waals surface area contributed by atoms with Crippen LogP contribution in [0.25, 0.3) is 0 Å². The van der Waals surface area contributed by atoms with Gasteiger partial charge in [-0.25, -0.2) is 5.43 Å². The lowest BCUT2D eigenvalue weighted by Crippen LogP contribution is -2.17. The molecule has 2 N–H and O–H groups in total. The molecule has 2 aromatic rings. The number of hydrazone groups is 1. The van der Waals surface area contributed by atoms with Crippen LogP contribution < -0.4 is 5.43 Å². The minimum Gasteiger partial charge on any atom is -0.506 e. The van der Waals surface area contributed by atoms with Crippen molar-refractivity contribution >= 4 is 51.3 Å². The molecular weight excluding hydrogens is 379 g/mol. The first-order valence-corrected chi connectivity index (χ1v) is 7.30. The molecule has 2 aromatic carbocycles. The highest BCUT2D eigenvalue weighted by Crippen LogP contribution is 2.30. The monoisotopic (exact) mass is 386 g/mol. The van der Waals surface area contributed by atoms with E-state index in [9.17, 15) is 9.90 Å². The van der Waals surface area contributed by atoms with Crippen molar-refractivity contribution < 1.29 is 9.90 Å². The third-order valence-corrected chi connectivity index (χ3v) is 3.70. The second-order valence-corrected chi connectivity index (χ2v) is 5.70. The van der Waals surface area contributed by atoms with Gasteiger partial charge in [0.25, 0.3) is 5.91 Å². The average Bonchev–Trinajstić information content (AvgIpc) is 2.44. The highest BCUT2D eigenvalue weighted by molar-refractivity contribution is 9.10.